The van der Waals surface area contributed by atoms with Crippen LogP contribution in [0.4, 0.5) is 5.69 Å². The maximum Gasteiger partial charge on any atom is 0.0458 e. The molecule has 0 spiro atoms. The van der Waals surface area contributed by atoms with E-state index < -0.39 is 0 Å². The average Bonchev–Trinajstić information content (AvgIpc) is 2.23. The van der Waals surface area contributed by atoms with Gasteiger partial charge in [-0.05, 0) is 65.5 Å². The molecular formula is C11H15BrN2. The molecule has 2 nitrogen and oxygen atoms in total. The Morgan fingerprint density at radius 2 is 2.00 bits per heavy atom. The molecule has 76 valence electrons. The summed E-state index contributed by atoms with van der Waals surface area (Å²) in [6.45, 7) is 2.26. The first-order valence-corrected chi connectivity index (χ1v) is 5.82. The molecule has 0 aliphatic carbocycles. The average molecular weight is 255 g/mol. The summed E-state index contributed by atoms with van der Waals surface area (Å²) in [5.41, 5.74) is 7.99. The van der Waals surface area contributed by atoms with E-state index in [0.717, 1.165) is 23.2 Å². The van der Waals surface area contributed by atoms with Crippen LogP contribution in [-0.4, -0.2) is 13.1 Å². The van der Waals surface area contributed by atoms with Crippen molar-refractivity contribution in [2.75, 3.05) is 18.8 Å². The molecule has 0 aromatic heterocycles. The molecule has 0 amide bonds. The second-order valence-corrected chi connectivity index (χ2v) is 4.66. The summed E-state index contributed by atoms with van der Waals surface area (Å²) in [6.07, 6.45) is 2.46. The first kappa shape index (κ1) is 9.99. The van der Waals surface area contributed by atoms with Crippen molar-refractivity contribution < 1.29 is 0 Å². The molecule has 3 heteroatoms. The fraction of sp³-hybridized carbons (Fsp3) is 0.455. The molecule has 1 aromatic rings. The largest absolute Gasteiger partial charge is 0.398 e. The molecule has 3 N–H and O–H groups in total. The normalized spacial score (nSPS) is 18.4. The number of nitrogens with one attached hydrogen (secondary N) is 1. The van der Waals surface area contributed by atoms with E-state index >= 15 is 0 Å². The molecule has 1 aromatic carbocycles. The van der Waals surface area contributed by atoms with Crippen molar-refractivity contribution >= 4 is 21.6 Å². The summed E-state index contributed by atoms with van der Waals surface area (Å²) >= 11 is 3.47. The summed E-state index contributed by atoms with van der Waals surface area (Å²) in [6, 6.07) is 6.29. The minimum atomic E-state index is 0.702. The molecule has 2 rings (SSSR count). The lowest BCUT2D eigenvalue weighted by atomic mass is 9.90. The Kier molecular flexibility index (Phi) is 3.08. The lowest BCUT2D eigenvalue weighted by molar-refractivity contribution is 0.460. The summed E-state index contributed by atoms with van der Waals surface area (Å²) < 4.78 is 1.02. The van der Waals surface area contributed by atoms with E-state index in [1.54, 1.807) is 0 Å². The minimum absolute atomic E-state index is 0.702. The zero-order chi connectivity index (χ0) is 9.97. The molecule has 14 heavy (non-hydrogen) atoms. The standard InChI is InChI=1S/C11H15BrN2/c12-10-7-9(1-2-11(10)13)8-3-5-14-6-4-8/h1-2,7-8,14H,3-6,13H2. The Labute approximate surface area is 93.0 Å². The van der Waals surface area contributed by atoms with Crippen LogP contribution in [0.25, 0.3) is 0 Å². The van der Waals surface area contributed by atoms with Crippen LogP contribution in [0.2, 0.25) is 0 Å². The number of piperidine rings is 1. The molecule has 0 bridgehead atoms. The van der Waals surface area contributed by atoms with Crippen molar-refractivity contribution in [1.29, 1.82) is 0 Å². The van der Waals surface area contributed by atoms with E-state index in [9.17, 15) is 0 Å². The van der Waals surface area contributed by atoms with Crippen LogP contribution >= 0.6 is 15.9 Å². The number of hydrogen-bond acceptors (Lipinski definition) is 2. The van der Waals surface area contributed by atoms with Gasteiger partial charge in [-0.25, -0.2) is 0 Å². The van der Waals surface area contributed by atoms with Gasteiger partial charge in [0.2, 0.25) is 0 Å². The Bertz CT molecular complexity index is 319. The predicted molar refractivity (Wildman–Crippen MR) is 63.4 cm³/mol. The van der Waals surface area contributed by atoms with Crippen LogP contribution in [-0.2, 0) is 0 Å². The third-order valence-corrected chi connectivity index (χ3v) is 3.52. The number of benzene rings is 1. The van der Waals surface area contributed by atoms with Crippen LogP contribution in [0.15, 0.2) is 22.7 Å². The summed E-state index contributed by atoms with van der Waals surface area (Å²) in [5, 5.41) is 3.37. The van der Waals surface area contributed by atoms with E-state index in [1.165, 1.54) is 18.4 Å². The SMILES string of the molecule is Nc1ccc(C2CCNCC2)cc1Br. The van der Waals surface area contributed by atoms with E-state index in [-0.39, 0.29) is 0 Å². The number of anilines is 1. The summed E-state index contributed by atoms with van der Waals surface area (Å²) in [7, 11) is 0. The lowest BCUT2D eigenvalue weighted by Crippen LogP contribution is -2.26. The van der Waals surface area contributed by atoms with E-state index in [4.69, 9.17) is 5.73 Å². The van der Waals surface area contributed by atoms with Gasteiger partial charge in [0.05, 0.1) is 0 Å². The molecule has 1 heterocycles. The highest BCUT2D eigenvalue weighted by molar-refractivity contribution is 9.10. The number of hydrogen-bond donors (Lipinski definition) is 2. The van der Waals surface area contributed by atoms with Gasteiger partial charge in [-0.1, -0.05) is 6.07 Å². The Morgan fingerprint density at radius 1 is 1.29 bits per heavy atom. The topological polar surface area (TPSA) is 38.0 Å². The van der Waals surface area contributed by atoms with Gasteiger partial charge in [-0.15, -0.1) is 0 Å². The van der Waals surface area contributed by atoms with Crippen molar-refractivity contribution in [2.45, 2.75) is 18.8 Å². The second kappa shape index (κ2) is 4.32. The van der Waals surface area contributed by atoms with E-state index in [2.05, 4.69) is 33.4 Å². The van der Waals surface area contributed by atoms with Crippen LogP contribution < -0.4 is 11.1 Å². The van der Waals surface area contributed by atoms with Crippen LogP contribution in [0, 0.1) is 0 Å². The van der Waals surface area contributed by atoms with Crippen molar-refractivity contribution in [2.24, 2.45) is 0 Å². The third-order valence-electron chi connectivity index (χ3n) is 2.84. The smallest absolute Gasteiger partial charge is 0.0458 e. The molecule has 1 fully saturated rings. The van der Waals surface area contributed by atoms with Crippen LogP contribution in [0.3, 0.4) is 0 Å². The molecular weight excluding hydrogens is 240 g/mol. The van der Waals surface area contributed by atoms with Gasteiger partial charge in [0.15, 0.2) is 0 Å². The highest BCUT2D eigenvalue weighted by atomic mass is 79.9. The minimum Gasteiger partial charge on any atom is -0.398 e. The molecule has 1 aliphatic heterocycles. The molecule has 0 saturated carbocycles. The van der Waals surface area contributed by atoms with Crippen molar-refractivity contribution in [1.82, 2.24) is 5.32 Å². The molecule has 0 atom stereocenters. The number of rotatable bonds is 1. The van der Waals surface area contributed by atoms with Crippen molar-refractivity contribution in [3.8, 4) is 0 Å². The number of nitrogens with two attached hydrogens (primary N) is 1. The Hall–Kier alpha value is -0.540. The third kappa shape index (κ3) is 2.10. The summed E-state index contributed by atoms with van der Waals surface area (Å²) in [5.74, 6) is 0.702. The zero-order valence-corrected chi connectivity index (χ0v) is 9.68. The van der Waals surface area contributed by atoms with Gasteiger partial charge in [0.1, 0.15) is 0 Å². The predicted octanol–water partition coefficient (Wildman–Crippen LogP) is 2.50. The highest BCUT2D eigenvalue weighted by Crippen LogP contribution is 2.29. The van der Waals surface area contributed by atoms with Gasteiger partial charge in [0.25, 0.3) is 0 Å². The zero-order valence-electron chi connectivity index (χ0n) is 8.09. The fourth-order valence-electron chi connectivity index (χ4n) is 1.95. The number of nitrogen functional groups attached to an aromatic ring is 1. The second-order valence-electron chi connectivity index (χ2n) is 3.81. The molecule has 1 saturated heterocycles. The molecule has 1 aliphatic rings. The Balaban J connectivity index is 2.18. The van der Waals surface area contributed by atoms with Crippen molar-refractivity contribution in [3.63, 3.8) is 0 Å². The summed E-state index contributed by atoms with van der Waals surface area (Å²) in [4.78, 5) is 0. The Morgan fingerprint density at radius 3 is 2.64 bits per heavy atom. The lowest BCUT2D eigenvalue weighted by Gasteiger charge is -2.23. The molecule has 0 unspecified atom stereocenters. The van der Waals surface area contributed by atoms with Crippen LogP contribution in [0.1, 0.15) is 24.3 Å². The monoisotopic (exact) mass is 254 g/mol. The highest BCUT2D eigenvalue weighted by Gasteiger charge is 2.15. The first-order chi connectivity index (χ1) is 6.77. The maximum absolute atomic E-state index is 5.76. The maximum atomic E-state index is 5.76. The van der Waals surface area contributed by atoms with E-state index in [1.807, 2.05) is 6.07 Å². The van der Waals surface area contributed by atoms with Crippen molar-refractivity contribution in [3.05, 3.63) is 28.2 Å². The number of halogens is 1. The van der Waals surface area contributed by atoms with Gasteiger partial charge in [-0.3, -0.25) is 0 Å². The quantitative estimate of drug-likeness (QED) is 0.756. The van der Waals surface area contributed by atoms with Crippen LogP contribution in [0.5, 0.6) is 0 Å². The van der Waals surface area contributed by atoms with Gasteiger partial charge < -0.3 is 11.1 Å². The van der Waals surface area contributed by atoms with E-state index in [0.29, 0.717) is 5.92 Å². The van der Waals surface area contributed by atoms with Gasteiger partial charge in [-0.2, -0.15) is 0 Å². The van der Waals surface area contributed by atoms with Gasteiger partial charge in [0, 0.05) is 10.2 Å². The fourth-order valence-corrected chi connectivity index (χ4v) is 2.35. The van der Waals surface area contributed by atoms with Gasteiger partial charge >= 0.3 is 0 Å². The molecule has 0 radical (unpaired) electrons. The first-order valence-electron chi connectivity index (χ1n) is 5.03.